The van der Waals surface area contributed by atoms with Gasteiger partial charge in [-0.3, -0.25) is 4.79 Å². The molecule has 0 bridgehead atoms. The molecule has 0 amide bonds. The Morgan fingerprint density at radius 1 is 1.20 bits per heavy atom. The second-order valence-electron chi connectivity index (χ2n) is 3.56. The van der Waals surface area contributed by atoms with E-state index in [-0.39, 0.29) is 13.8 Å². The van der Waals surface area contributed by atoms with E-state index in [9.17, 15) is 26.7 Å². The van der Waals surface area contributed by atoms with Gasteiger partial charge < -0.3 is 10.8 Å². The van der Waals surface area contributed by atoms with Crippen LogP contribution in [0.25, 0.3) is 0 Å². The largest absolute Gasteiger partial charge is 0.480 e. The molecular weight excluding hydrogens is 225 g/mol. The molecule has 0 aliphatic carbocycles. The van der Waals surface area contributed by atoms with Crippen molar-refractivity contribution in [1.82, 2.24) is 0 Å². The van der Waals surface area contributed by atoms with E-state index in [4.69, 9.17) is 5.11 Å². The summed E-state index contributed by atoms with van der Waals surface area (Å²) < 4.78 is 62.9. The molecule has 0 fully saturated rings. The second-order valence-corrected chi connectivity index (χ2v) is 3.56. The van der Waals surface area contributed by atoms with Crippen LogP contribution in [0, 0.1) is 5.41 Å². The Balaban J connectivity index is 5.28. The van der Waals surface area contributed by atoms with Crippen LogP contribution >= 0.6 is 0 Å². The van der Waals surface area contributed by atoms with Gasteiger partial charge in [0.1, 0.15) is 5.41 Å². The third-order valence-corrected chi connectivity index (χ3v) is 2.20. The number of alkyl halides is 5. The highest BCUT2D eigenvalue weighted by Crippen LogP contribution is 2.49. The van der Waals surface area contributed by atoms with Crippen molar-refractivity contribution >= 4 is 5.97 Å². The molecule has 0 radical (unpaired) electrons. The fourth-order valence-electron chi connectivity index (χ4n) is 0.733. The Labute approximate surface area is 82.1 Å². The fourth-order valence-corrected chi connectivity index (χ4v) is 0.733. The molecule has 0 heterocycles. The van der Waals surface area contributed by atoms with Crippen molar-refractivity contribution in [3.05, 3.63) is 0 Å². The van der Waals surface area contributed by atoms with Gasteiger partial charge in [-0.05, 0) is 13.8 Å². The van der Waals surface area contributed by atoms with Gasteiger partial charge in [-0.25, -0.2) is 8.78 Å². The van der Waals surface area contributed by atoms with Gasteiger partial charge in [-0.2, -0.15) is 13.2 Å². The molecular formula is C7H10F5NO2. The van der Waals surface area contributed by atoms with Crippen LogP contribution in [0.4, 0.5) is 22.0 Å². The number of carbonyl (C=O) groups is 1. The maximum atomic E-state index is 13.1. The van der Waals surface area contributed by atoms with Gasteiger partial charge in [0.25, 0.3) is 5.92 Å². The minimum absolute atomic E-state index is 0.204. The van der Waals surface area contributed by atoms with Gasteiger partial charge in [0.15, 0.2) is 6.04 Å². The minimum Gasteiger partial charge on any atom is -0.480 e. The fraction of sp³-hybridized carbons (Fsp3) is 0.857. The Kier molecular flexibility index (Phi) is 3.36. The number of nitrogens with two attached hydrogens (primary N) is 1. The molecule has 0 spiro atoms. The Bertz CT molecular complexity index is 261. The first-order valence-corrected chi connectivity index (χ1v) is 3.78. The summed E-state index contributed by atoms with van der Waals surface area (Å²) in [5, 5.41) is 8.17. The summed E-state index contributed by atoms with van der Waals surface area (Å²) >= 11 is 0. The van der Waals surface area contributed by atoms with E-state index >= 15 is 0 Å². The molecule has 0 saturated heterocycles. The summed E-state index contributed by atoms with van der Waals surface area (Å²) in [6, 6.07) is -2.89. The maximum Gasteiger partial charge on any atom is 0.399 e. The van der Waals surface area contributed by atoms with Crippen molar-refractivity contribution in [2.75, 3.05) is 0 Å². The quantitative estimate of drug-likeness (QED) is 0.730. The minimum atomic E-state index is -5.25. The van der Waals surface area contributed by atoms with Crippen molar-refractivity contribution in [3.63, 3.8) is 0 Å². The maximum absolute atomic E-state index is 13.1. The first-order valence-electron chi connectivity index (χ1n) is 3.78. The van der Waals surface area contributed by atoms with Crippen molar-refractivity contribution in [2.45, 2.75) is 32.0 Å². The first-order chi connectivity index (χ1) is 6.35. The molecule has 90 valence electrons. The zero-order valence-electron chi connectivity index (χ0n) is 7.90. The summed E-state index contributed by atoms with van der Waals surface area (Å²) in [5.74, 6) is -6.77. The highest BCUT2D eigenvalue weighted by Gasteiger charge is 2.66. The molecule has 8 heteroatoms. The van der Waals surface area contributed by atoms with Gasteiger partial charge in [-0.15, -0.1) is 0 Å². The Hall–Kier alpha value is -0.920. The molecule has 1 atom stereocenters. The van der Waals surface area contributed by atoms with E-state index in [0.717, 1.165) is 0 Å². The van der Waals surface area contributed by atoms with Crippen LogP contribution in [-0.4, -0.2) is 29.2 Å². The molecule has 0 aromatic rings. The van der Waals surface area contributed by atoms with E-state index in [0.29, 0.717) is 0 Å². The topological polar surface area (TPSA) is 63.3 Å². The molecule has 0 rings (SSSR count). The van der Waals surface area contributed by atoms with Gasteiger partial charge in [0.05, 0.1) is 0 Å². The Morgan fingerprint density at radius 3 is 1.73 bits per heavy atom. The molecule has 0 aromatic carbocycles. The lowest BCUT2D eigenvalue weighted by Crippen LogP contribution is -2.60. The molecule has 0 aliphatic rings. The summed E-state index contributed by atoms with van der Waals surface area (Å²) in [7, 11) is 0. The van der Waals surface area contributed by atoms with Crippen LogP contribution in [-0.2, 0) is 4.79 Å². The average Bonchev–Trinajstić information content (AvgIpc) is 2.00. The van der Waals surface area contributed by atoms with Crippen molar-refractivity contribution in [3.8, 4) is 0 Å². The standard InChI is InChI=1S/C7H10F5NO2/c1-5(2,7(10,11)12)6(8,9)3(13)4(14)15/h3H,13H2,1-2H3,(H,14,15)/t3-/m1/s1. The number of aliphatic carboxylic acids is 1. The third kappa shape index (κ3) is 2.19. The van der Waals surface area contributed by atoms with Crippen LogP contribution in [0.3, 0.4) is 0 Å². The lowest BCUT2D eigenvalue weighted by atomic mass is 9.81. The number of hydrogen-bond donors (Lipinski definition) is 2. The predicted octanol–water partition coefficient (Wildman–Crippen LogP) is 1.62. The summed E-state index contributed by atoms with van der Waals surface area (Å²) in [5.41, 5.74) is 1.03. The van der Waals surface area contributed by atoms with Crippen molar-refractivity contribution < 1.29 is 31.9 Å². The normalized spacial score (nSPS) is 16.3. The smallest absolute Gasteiger partial charge is 0.399 e. The highest BCUT2D eigenvalue weighted by atomic mass is 19.4. The first kappa shape index (κ1) is 14.1. The zero-order chi connectivity index (χ0) is 12.7. The molecule has 0 aromatic heterocycles. The molecule has 15 heavy (non-hydrogen) atoms. The van der Waals surface area contributed by atoms with Crippen LogP contribution < -0.4 is 5.73 Å². The van der Waals surface area contributed by atoms with E-state index in [1.165, 1.54) is 0 Å². The number of halogens is 5. The molecule has 0 saturated carbocycles. The van der Waals surface area contributed by atoms with Crippen LogP contribution in [0.1, 0.15) is 13.8 Å². The van der Waals surface area contributed by atoms with Crippen LogP contribution in [0.15, 0.2) is 0 Å². The summed E-state index contributed by atoms with van der Waals surface area (Å²) in [6.07, 6.45) is -5.25. The number of rotatable bonds is 3. The third-order valence-electron chi connectivity index (χ3n) is 2.20. The lowest BCUT2D eigenvalue weighted by Gasteiger charge is -2.37. The number of hydrogen-bond acceptors (Lipinski definition) is 2. The van der Waals surface area contributed by atoms with E-state index in [1.807, 2.05) is 0 Å². The SMILES string of the molecule is CC(C)(C(F)(F)F)C(F)(F)[C@H](N)C(=O)O. The zero-order valence-corrected chi connectivity index (χ0v) is 7.90. The van der Waals surface area contributed by atoms with Gasteiger partial charge in [-0.1, -0.05) is 0 Å². The Morgan fingerprint density at radius 2 is 1.53 bits per heavy atom. The van der Waals surface area contributed by atoms with Crippen molar-refractivity contribution in [1.29, 1.82) is 0 Å². The van der Waals surface area contributed by atoms with Crippen LogP contribution in [0.5, 0.6) is 0 Å². The van der Waals surface area contributed by atoms with E-state index < -0.39 is 29.5 Å². The van der Waals surface area contributed by atoms with E-state index in [1.54, 1.807) is 0 Å². The highest BCUT2D eigenvalue weighted by molar-refractivity contribution is 5.74. The molecule has 0 unspecified atom stereocenters. The van der Waals surface area contributed by atoms with Gasteiger partial charge in [0, 0.05) is 0 Å². The van der Waals surface area contributed by atoms with E-state index in [2.05, 4.69) is 5.73 Å². The van der Waals surface area contributed by atoms with Gasteiger partial charge >= 0.3 is 12.1 Å². The monoisotopic (exact) mass is 235 g/mol. The van der Waals surface area contributed by atoms with Crippen LogP contribution in [0.2, 0.25) is 0 Å². The summed E-state index contributed by atoms with van der Waals surface area (Å²) in [4.78, 5) is 10.1. The average molecular weight is 235 g/mol. The lowest BCUT2D eigenvalue weighted by molar-refractivity contribution is -0.289. The number of carboxylic acids is 1. The number of carboxylic acid groups (broad SMARTS) is 1. The molecule has 3 nitrogen and oxygen atoms in total. The second kappa shape index (κ2) is 3.58. The molecule has 3 N–H and O–H groups in total. The van der Waals surface area contributed by atoms with Crippen molar-refractivity contribution in [2.24, 2.45) is 11.1 Å². The predicted molar refractivity (Wildman–Crippen MR) is 40.4 cm³/mol. The summed E-state index contributed by atoms with van der Waals surface area (Å²) in [6.45, 7) is 0.408. The van der Waals surface area contributed by atoms with Gasteiger partial charge in [0.2, 0.25) is 0 Å². The molecule has 0 aliphatic heterocycles.